The summed E-state index contributed by atoms with van der Waals surface area (Å²) in [5, 5.41) is 21.8. The molecule has 7 rings (SSSR count). The molecule has 1 saturated heterocycles. The van der Waals surface area contributed by atoms with Gasteiger partial charge >= 0.3 is 0 Å². The van der Waals surface area contributed by atoms with Crippen LogP contribution < -0.4 is 5.73 Å². The Labute approximate surface area is 197 Å². The van der Waals surface area contributed by atoms with Crippen LogP contribution in [0.5, 0.6) is 0 Å². The Balaban J connectivity index is 1.30. The fourth-order valence-electron chi connectivity index (χ4n) is 6.18. The van der Waals surface area contributed by atoms with Gasteiger partial charge in [0.2, 0.25) is 0 Å². The van der Waals surface area contributed by atoms with Crippen molar-refractivity contribution in [1.29, 1.82) is 0 Å². The van der Waals surface area contributed by atoms with E-state index in [1.54, 1.807) is 0 Å². The molecule has 3 saturated carbocycles. The Morgan fingerprint density at radius 1 is 1.03 bits per heavy atom. The Kier molecular flexibility index (Phi) is 4.57. The highest BCUT2D eigenvalue weighted by atomic mass is 19.3. The number of alkyl halides is 2. The normalized spacial score (nSPS) is 28.4. The zero-order valence-corrected chi connectivity index (χ0v) is 18.6. The molecule has 2 bridgehead atoms. The van der Waals surface area contributed by atoms with Crippen molar-refractivity contribution in [3.63, 3.8) is 0 Å². The van der Waals surface area contributed by atoms with Crippen LogP contribution in [0.2, 0.25) is 0 Å². The highest BCUT2D eigenvalue weighted by molar-refractivity contribution is 5.44. The number of ether oxygens (including phenoxy) is 1. The molecule has 4 fully saturated rings. The lowest BCUT2D eigenvalue weighted by atomic mass is 9.30. The van der Waals surface area contributed by atoms with Crippen molar-refractivity contribution in [3.8, 4) is 0 Å². The molecule has 1 aliphatic heterocycles. The molecule has 3 aliphatic carbocycles. The predicted molar refractivity (Wildman–Crippen MR) is 114 cm³/mol. The van der Waals surface area contributed by atoms with E-state index in [0.29, 0.717) is 19.3 Å². The molecule has 11 heteroatoms. The molecule has 7 nitrogen and oxygen atoms in total. The van der Waals surface area contributed by atoms with Crippen molar-refractivity contribution in [2.24, 2.45) is 11.1 Å². The summed E-state index contributed by atoms with van der Waals surface area (Å²) >= 11 is 0. The number of benzene rings is 2. The van der Waals surface area contributed by atoms with Crippen molar-refractivity contribution < 1.29 is 27.4 Å². The number of nitrogens with zero attached hydrogens (tertiary/aromatic N) is 4. The minimum atomic E-state index is -3.75. The van der Waals surface area contributed by atoms with E-state index in [4.69, 9.17) is 10.5 Å². The van der Waals surface area contributed by atoms with Crippen LogP contribution in [0.25, 0.3) is 0 Å². The lowest BCUT2D eigenvalue weighted by Gasteiger charge is -2.74. The number of halogens is 4. The first-order chi connectivity index (χ1) is 16.5. The minimum absolute atomic E-state index is 0.129. The highest BCUT2D eigenvalue weighted by Gasteiger charge is 2.82. The molecule has 0 radical (unpaired) electrons. The van der Waals surface area contributed by atoms with Gasteiger partial charge in [0.15, 0.2) is 5.60 Å². The zero-order chi connectivity index (χ0) is 24.7. The Morgan fingerprint density at radius 3 is 2.23 bits per heavy atom. The molecule has 184 valence electrons. The van der Waals surface area contributed by atoms with Crippen LogP contribution in [-0.4, -0.2) is 44.5 Å². The van der Waals surface area contributed by atoms with E-state index in [1.807, 2.05) is 24.3 Å². The Hall–Kier alpha value is -2.89. The SMILES string of the molecule is NC1(c2ccc(C34CC(C(F)(F)C(O)(Cn5cnnn5)c5ccc(F)cc5F)(C3)C4)cc2)COC1. The number of rotatable bonds is 7. The van der Waals surface area contributed by atoms with Crippen LogP contribution in [0.15, 0.2) is 48.8 Å². The predicted octanol–water partition coefficient (Wildman–Crippen LogP) is 2.78. The first-order valence-electron chi connectivity index (χ1n) is 11.3. The van der Waals surface area contributed by atoms with Crippen LogP contribution in [0.3, 0.4) is 0 Å². The van der Waals surface area contributed by atoms with E-state index in [9.17, 15) is 13.9 Å². The number of aromatic nitrogens is 4. The number of aliphatic hydroxyl groups is 1. The number of hydrogen-bond donors (Lipinski definition) is 2. The molecule has 4 aliphatic rings. The first-order valence-corrected chi connectivity index (χ1v) is 11.3. The van der Waals surface area contributed by atoms with Crippen molar-refractivity contribution in [2.45, 2.75) is 48.3 Å². The maximum atomic E-state index is 16.2. The quantitative estimate of drug-likeness (QED) is 0.496. The highest BCUT2D eigenvalue weighted by Crippen LogP contribution is 2.80. The topological polar surface area (TPSA) is 99.1 Å². The van der Waals surface area contributed by atoms with E-state index in [2.05, 4.69) is 15.5 Å². The largest absolute Gasteiger partial charge is 0.377 e. The third kappa shape index (κ3) is 2.98. The average Bonchev–Trinajstić information content (AvgIpc) is 3.23. The van der Waals surface area contributed by atoms with Crippen LogP contribution >= 0.6 is 0 Å². The van der Waals surface area contributed by atoms with Crippen molar-refractivity contribution in [1.82, 2.24) is 20.2 Å². The summed E-state index contributed by atoms with van der Waals surface area (Å²) < 4.78 is 66.9. The molecule has 2 aromatic carbocycles. The number of hydrogen-bond acceptors (Lipinski definition) is 6. The summed E-state index contributed by atoms with van der Waals surface area (Å²) in [6.45, 7) is 0.0823. The fraction of sp³-hybridized carbons (Fsp3) is 0.458. The molecule has 3 aromatic rings. The molecule has 0 spiro atoms. The van der Waals surface area contributed by atoms with Crippen molar-refractivity contribution in [3.05, 3.63) is 77.1 Å². The van der Waals surface area contributed by atoms with Gasteiger partial charge in [0.1, 0.15) is 18.0 Å². The molecule has 2 heterocycles. The van der Waals surface area contributed by atoms with Gasteiger partial charge in [-0.05, 0) is 58.4 Å². The molecular weight excluding hydrogens is 466 g/mol. The van der Waals surface area contributed by atoms with Gasteiger partial charge in [0, 0.05) is 17.0 Å². The number of nitrogens with two attached hydrogens (primary N) is 1. The second-order valence-electron chi connectivity index (χ2n) is 10.4. The van der Waals surface area contributed by atoms with E-state index >= 15 is 8.78 Å². The van der Waals surface area contributed by atoms with Gasteiger partial charge in [-0.15, -0.1) is 5.10 Å². The second-order valence-corrected chi connectivity index (χ2v) is 10.4. The smallest absolute Gasteiger partial charge is 0.287 e. The molecule has 1 unspecified atom stereocenters. The first kappa shape index (κ1) is 22.6. The van der Waals surface area contributed by atoms with Crippen LogP contribution in [0.4, 0.5) is 17.6 Å². The van der Waals surface area contributed by atoms with E-state index < -0.39 is 51.6 Å². The zero-order valence-electron chi connectivity index (χ0n) is 18.6. The Morgan fingerprint density at radius 2 is 1.69 bits per heavy atom. The van der Waals surface area contributed by atoms with E-state index in [1.165, 1.54) is 0 Å². The van der Waals surface area contributed by atoms with Gasteiger partial charge in [-0.2, -0.15) is 0 Å². The molecule has 1 aromatic heterocycles. The lowest BCUT2D eigenvalue weighted by molar-refractivity contribution is -0.347. The maximum Gasteiger partial charge on any atom is 0.287 e. The third-order valence-corrected chi connectivity index (χ3v) is 8.17. The third-order valence-electron chi connectivity index (χ3n) is 8.17. The number of tetrazole rings is 1. The van der Waals surface area contributed by atoms with E-state index in [0.717, 1.165) is 34.3 Å². The second kappa shape index (κ2) is 7.08. The molecule has 35 heavy (non-hydrogen) atoms. The Bertz CT molecular complexity index is 1260. The summed E-state index contributed by atoms with van der Waals surface area (Å²) in [7, 11) is 0. The average molecular weight is 489 g/mol. The van der Waals surface area contributed by atoms with Crippen LogP contribution in [0, 0.1) is 17.0 Å². The summed E-state index contributed by atoms with van der Waals surface area (Å²) in [6, 6.07) is 9.83. The summed E-state index contributed by atoms with van der Waals surface area (Å²) in [6.07, 6.45) is 1.45. The standard InChI is InChI=1S/C24H23F4N5O2/c25-17-5-6-18(19(26)7-17)23(34,11-33-14-30-31-32-33)24(27,28)21-8-20(9-21,10-21)15-1-3-16(4-2-15)22(29)12-35-13-22/h1-7,14,34H,8-13,29H2. The molecular formula is C24H23F4N5O2. The monoisotopic (exact) mass is 489 g/mol. The van der Waals surface area contributed by atoms with Gasteiger partial charge in [0.05, 0.1) is 25.3 Å². The van der Waals surface area contributed by atoms with Crippen LogP contribution in [0.1, 0.15) is 36.0 Å². The molecule has 1 atom stereocenters. The van der Waals surface area contributed by atoms with Crippen molar-refractivity contribution >= 4 is 0 Å². The van der Waals surface area contributed by atoms with Gasteiger partial charge in [-0.3, -0.25) is 0 Å². The fourth-order valence-corrected chi connectivity index (χ4v) is 6.18. The van der Waals surface area contributed by atoms with Gasteiger partial charge in [0.25, 0.3) is 5.92 Å². The van der Waals surface area contributed by atoms with Gasteiger partial charge < -0.3 is 15.6 Å². The van der Waals surface area contributed by atoms with Gasteiger partial charge in [-0.1, -0.05) is 24.3 Å². The lowest BCUT2D eigenvalue weighted by Crippen LogP contribution is -2.76. The van der Waals surface area contributed by atoms with Crippen LogP contribution in [-0.2, 0) is 27.8 Å². The minimum Gasteiger partial charge on any atom is -0.377 e. The summed E-state index contributed by atoms with van der Waals surface area (Å²) in [5.41, 5.74) is 1.96. The van der Waals surface area contributed by atoms with E-state index in [-0.39, 0.29) is 19.3 Å². The summed E-state index contributed by atoms with van der Waals surface area (Å²) in [5.74, 6) is -5.94. The molecule has 0 amide bonds. The maximum absolute atomic E-state index is 16.2. The molecule has 3 N–H and O–H groups in total. The van der Waals surface area contributed by atoms with Crippen molar-refractivity contribution in [2.75, 3.05) is 13.2 Å². The van der Waals surface area contributed by atoms with Gasteiger partial charge in [-0.25, -0.2) is 22.2 Å². The summed E-state index contributed by atoms with van der Waals surface area (Å²) in [4.78, 5) is 0.